The van der Waals surface area contributed by atoms with Gasteiger partial charge >= 0.3 is 0 Å². The predicted molar refractivity (Wildman–Crippen MR) is 50.9 cm³/mol. The van der Waals surface area contributed by atoms with E-state index in [-0.39, 0.29) is 11.8 Å². The smallest absolute Gasteiger partial charge is 0.293 e. The first-order chi connectivity index (χ1) is 6.22. The highest BCUT2D eigenvalue weighted by atomic mass is 32.2. The van der Waals surface area contributed by atoms with Crippen LogP contribution in [-0.4, -0.2) is 13.1 Å². The van der Waals surface area contributed by atoms with E-state index in [2.05, 4.69) is 9.13 Å². The Morgan fingerprint density at radius 1 is 1.46 bits per heavy atom. The van der Waals surface area contributed by atoms with Crippen molar-refractivity contribution in [1.29, 1.82) is 0 Å². The number of nitrogens with two attached hydrogens (primary N) is 1. The van der Waals surface area contributed by atoms with Crippen LogP contribution in [0.2, 0.25) is 0 Å². The van der Waals surface area contributed by atoms with Crippen LogP contribution >= 0.6 is 11.9 Å². The summed E-state index contributed by atoms with van der Waals surface area (Å²) in [5.41, 5.74) is 5.28. The summed E-state index contributed by atoms with van der Waals surface area (Å²) in [6.07, 6.45) is 0. The maximum Gasteiger partial charge on any atom is 0.293 e. The van der Waals surface area contributed by atoms with Crippen molar-refractivity contribution in [3.63, 3.8) is 0 Å². The van der Waals surface area contributed by atoms with Gasteiger partial charge in [-0.15, -0.1) is 0 Å². The molecule has 0 aliphatic heterocycles. The predicted octanol–water partition coefficient (Wildman–Crippen LogP) is 1.79. The van der Waals surface area contributed by atoms with Gasteiger partial charge < -0.3 is 10.5 Å². The van der Waals surface area contributed by atoms with Crippen molar-refractivity contribution in [2.24, 2.45) is 10.1 Å². The molecule has 70 valence electrons. The minimum absolute atomic E-state index is 0.0920. The summed E-state index contributed by atoms with van der Waals surface area (Å²) in [5, 5.41) is 0. The second-order valence-electron chi connectivity index (χ2n) is 2.18. The van der Waals surface area contributed by atoms with Gasteiger partial charge in [-0.1, -0.05) is 0 Å². The Bertz CT molecular complexity index is 300. The van der Waals surface area contributed by atoms with Gasteiger partial charge in [0.05, 0.1) is 7.11 Å². The molecule has 0 amide bonds. The van der Waals surface area contributed by atoms with E-state index >= 15 is 0 Å². The molecule has 5 heteroatoms. The van der Waals surface area contributed by atoms with E-state index in [1.54, 1.807) is 12.1 Å². The Labute approximate surface area is 79.9 Å². The molecule has 2 N–H and O–H groups in total. The van der Waals surface area contributed by atoms with E-state index < -0.39 is 0 Å². The van der Waals surface area contributed by atoms with Crippen molar-refractivity contribution in [3.05, 3.63) is 30.1 Å². The fraction of sp³-hybridized carbons (Fsp3) is 0.125. The lowest BCUT2D eigenvalue weighted by atomic mass is 10.4. The first kappa shape index (κ1) is 9.85. The molecule has 0 aliphatic rings. The molecule has 0 saturated carbocycles. The summed E-state index contributed by atoms with van der Waals surface area (Å²) in [4.78, 5) is 0.807. The summed E-state index contributed by atoms with van der Waals surface area (Å²) in [6, 6.07) is 6.05. The number of hydrogen-bond acceptors (Lipinski definition) is 3. The summed E-state index contributed by atoms with van der Waals surface area (Å²) in [6.45, 7) is 0. The summed E-state index contributed by atoms with van der Waals surface area (Å²) >= 11 is 1.13. The average Bonchev–Trinajstić information content (AvgIpc) is 2.16. The van der Waals surface area contributed by atoms with Gasteiger partial charge in [0.2, 0.25) is 0 Å². The van der Waals surface area contributed by atoms with Crippen LogP contribution in [-0.2, 0) is 4.74 Å². The molecule has 3 nitrogen and oxygen atoms in total. The number of halogens is 1. The van der Waals surface area contributed by atoms with Gasteiger partial charge in [0.25, 0.3) is 6.02 Å². The lowest BCUT2D eigenvalue weighted by Gasteiger charge is -1.97. The van der Waals surface area contributed by atoms with Crippen LogP contribution in [0.5, 0.6) is 0 Å². The molecular weight excluding hydrogens is 191 g/mol. The van der Waals surface area contributed by atoms with Crippen LogP contribution in [0.1, 0.15) is 0 Å². The molecule has 0 aliphatic carbocycles. The first-order valence-electron chi connectivity index (χ1n) is 3.52. The Morgan fingerprint density at radius 3 is 2.62 bits per heavy atom. The number of rotatable bonds is 2. The first-order valence-corrected chi connectivity index (χ1v) is 4.30. The van der Waals surface area contributed by atoms with Crippen LogP contribution < -0.4 is 5.73 Å². The number of ether oxygens (including phenoxy) is 1. The van der Waals surface area contributed by atoms with Gasteiger partial charge in [-0.2, -0.15) is 4.40 Å². The number of amidine groups is 1. The highest BCUT2D eigenvalue weighted by Crippen LogP contribution is 2.18. The van der Waals surface area contributed by atoms with Gasteiger partial charge in [-0.05, 0) is 24.3 Å². The van der Waals surface area contributed by atoms with E-state index in [0.29, 0.717) is 0 Å². The molecule has 0 atom stereocenters. The Morgan fingerprint density at radius 2 is 2.08 bits per heavy atom. The van der Waals surface area contributed by atoms with Gasteiger partial charge in [-0.3, -0.25) is 0 Å². The zero-order chi connectivity index (χ0) is 9.68. The highest BCUT2D eigenvalue weighted by molar-refractivity contribution is 7.98. The maximum absolute atomic E-state index is 12.5. The summed E-state index contributed by atoms with van der Waals surface area (Å²) in [5.74, 6) is -0.270. The second kappa shape index (κ2) is 4.71. The van der Waals surface area contributed by atoms with Crippen molar-refractivity contribution in [2.45, 2.75) is 4.90 Å². The van der Waals surface area contributed by atoms with Crippen molar-refractivity contribution in [1.82, 2.24) is 0 Å². The van der Waals surface area contributed by atoms with Gasteiger partial charge in [-0.25, -0.2) is 4.39 Å². The largest absolute Gasteiger partial charge is 0.468 e. The molecule has 0 aromatic heterocycles. The zero-order valence-electron chi connectivity index (χ0n) is 7.03. The highest BCUT2D eigenvalue weighted by Gasteiger charge is 1.94. The molecule has 0 spiro atoms. The Balaban J connectivity index is 2.60. The maximum atomic E-state index is 12.5. The Kier molecular flexibility index (Phi) is 3.57. The molecule has 0 unspecified atom stereocenters. The fourth-order valence-corrected chi connectivity index (χ4v) is 1.16. The molecule has 1 aromatic rings. The fourth-order valence-electron chi connectivity index (χ4n) is 0.630. The third kappa shape index (κ3) is 3.33. The van der Waals surface area contributed by atoms with E-state index in [0.717, 1.165) is 16.8 Å². The molecular formula is C8H9FN2OS. The van der Waals surface area contributed by atoms with Gasteiger partial charge in [0.15, 0.2) is 0 Å². The van der Waals surface area contributed by atoms with E-state index in [1.165, 1.54) is 19.2 Å². The van der Waals surface area contributed by atoms with Crippen LogP contribution in [0.25, 0.3) is 0 Å². The van der Waals surface area contributed by atoms with E-state index in [9.17, 15) is 4.39 Å². The van der Waals surface area contributed by atoms with Crippen molar-refractivity contribution in [2.75, 3.05) is 7.11 Å². The normalized spacial score (nSPS) is 11.4. The topological polar surface area (TPSA) is 47.6 Å². The van der Waals surface area contributed by atoms with Gasteiger partial charge in [0, 0.05) is 16.8 Å². The van der Waals surface area contributed by atoms with E-state index in [1.807, 2.05) is 0 Å². The number of hydrogen-bond donors (Lipinski definition) is 1. The number of nitrogens with zero attached hydrogens (tertiary/aromatic N) is 1. The second-order valence-corrected chi connectivity index (χ2v) is 3.02. The molecule has 1 rings (SSSR count). The molecule has 0 fully saturated rings. The molecule has 0 radical (unpaired) electrons. The minimum Gasteiger partial charge on any atom is -0.468 e. The van der Waals surface area contributed by atoms with Gasteiger partial charge in [0.1, 0.15) is 5.82 Å². The molecule has 1 aromatic carbocycles. The van der Waals surface area contributed by atoms with Crippen LogP contribution in [0, 0.1) is 5.82 Å². The third-order valence-electron chi connectivity index (χ3n) is 1.26. The average molecular weight is 200 g/mol. The van der Waals surface area contributed by atoms with Crippen LogP contribution in [0.3, 0.4) is 0 Å². The quantitative estimate of drug-likeness (QED) is 0.450. The number of benzene rings is 1. The molecule has 0 bridgehead atoms. The summed E-state index contributed by atoms with van der Waals surface area (Å²) < 4.78 is 20.9. The number of methoxy groups -OCH3 is 1. The summed E-state index contributed by atoms with van der Waals surface area (Å²) in [7, 11) is 1.43. The SMILES string of the molecule is COC(N)=NSc1ccc(F)cc1. The lowest BCUT2D eigenvalue weighted by Crippen LogP contribution is -2.12. The van der Waals surface area contributed by atoms with Crippen molar-refractivity contribution in [3.8, 4) is 0 Å². The lowest BCUT2D eigenvalue weighted by molar-refractivity contribution is 0.398. The molecule has 0 saturated heterocycles. The molecule has 13 heavy (non-hydrogen) atoms. The van der Waals surface area contributed by atoms with E-state index in [4.69, 9.17) is 5.73 Å². The van der Waals surface area contributed by atoms with Crippen LogP contribution in [0.4, 0.5) is 4.39 Å². The standard InChI is InChI=1S/C8H9FN2OS/c1-12-8(10)11-13-7-4-2-6(9)3-5-7/h2-5H,1H3,(H2,10,11). The van der Waals surface area contributed by atoms with Crippen molar-refractivity contribution < 1.29 is 9.13 Å². The third-order valence-corrected chi connectivity index (χ3v) is 2.02. The minimum atomic E-state index is -0.270. The van der Waals surface area contributed by atoms with Crippen LogP contribution in [0.15, 0.2) is 33.6 Å². The van der Waals surface area contributed by atoms with Crippen molar-refractivity contribution >= 4 is 18.0 Å². The monoisotopic (exact) mass is 200 g/mol. The zero-order valence-corrected chi connectivity index (χ0v) is 7.84. The Hall–Kier alpha value is -1.23. The molecule has 0 heterocycles.